The van der Waals surface area contributed by atoms with E-state index in [2.05, 4.69) is 10.4 Å². The molecule has 3 aromatic carbocycles. The number of nitrogens with one attached hydrogen (secondary N) is 1. The lowest BCUT2D eigenvalue weighted by Gasteiger charge is -2.13. The fourth-order valence-corrected chi connectivity index (χ4v) is 3.53. The van der Waals surface area contributed by atoms with Crippen LogP contribution >= 0.6 is 0 Å². The van der Waals surface area contributed by atoms with Crippen molar-refractivity contribution in [2.45, 2.75) is 26.8 Å². The standard InChI is InChI=1S/C27H25N3O5/c1-3-16-30-26(32)21-9-5-4-8-20(21)25(29-30)27(33)34-17-24(31)28-22-10-6-7-11-23(22)35-19-14-12-18(2)13-15-19/h4-15H,3,16-17H2,1-2H3,(H,28,31). The van der Waals surface area contributed by atoms with E-state index in [0.717, 1.165) is 5.56 Å². The van der Waals surface area contributed by atoms with Crippen LogP contribution in [0, 0.1) is 6.92 Å². The van der Waals surface area contributed by atoms with Gasteiger partial charge in [0.2, 0.25) is 0 Å². The highest BCUT2D eigenvalue weighted by atomic mass is 16.5. The first-order chi connectivity index (χ1) is 17.0. The molecule has 0 unspecified atom stereocenters. The minimum Gasteiger partial charge on any atom is -0.455 e. The summed E-state index contributed by atoms with van der Waals surface area (Å²) < 4.78 is 12.4. The van der Waals surface area contributed by atoms with E-state index in [1.165, 1.54) is 4.68 Å². The summed E-state index contributed by atoms with van der Waals surface area (Å²) in [6, 6.07) is 21.2. The number of benzene rings is 3. The Kier molecular flexibility index (Phi) is 7.21. The van der Waals surface area contributed by atoms with Crippen molar-refractivity contribution in [2.24, 2.45) is 0 Å². The second-order valence-electron chi connectivity index (χ2n) is 7.96. The molecule has 0 saturated heterocycles. The summed E-state index contributed by atoms with van der Waals surface area (Å²) in [6.45, 7) is 3.73. The third-order valence-corrected chi connectivity index (χ3v) is 5.24. The molecule has 8 heteroatoms. The first-order valence-electron chi connectivity index (χ1n) is 11.3. The number of anilines is 1. The monoisotopic (exact) mass is 471 g/mol. The van der Waals surface area contributed by atoms with Crippen molar-refractivity contribution >= 4 is 28.3 Å². The molecule has 8 nitrogen and oxygen atoms in total. The summed E-state index contributed by atoms with van der Waals surface area (Å²) >= 11 is 0. The van der Waals surface area contributed by atoms with E-state index in [1.54, 1.807) is 48.5 Å². The van der Waals surface area contributed by atoms with Crippen molar-refractivity contribution in [1.82, 2.24) is 9.78 Å². The Balaban J connectivity index is 1.47. The fraction of sp³-hybridized carbons (Fsp3) is 0.185. The van der Waals surface area contributed by atoms with E-state index in [0.29, 0.717) is 40.9 Å². The van der Waals surface area contributed by atoms with Crippen molar-refractivity contribution in [1.29, 1.82) is 0 Å². The third kappa shape index (κ3) is 5.55. The Morgan fingerprint density at radius 2 is 1.63 bits per heavy atom. The van der Waals surface area contributed by atoms with Crippen LogP contribution in [-0.4, -0.2) is 28.3 Å². The maximum atomic E-state index is 12.8. The number of carbonyl (C=O) groups is 2. The van der Waals surface area contributed by atoms with Gasteiger partial charge in [0.05, 0.1) is 11.1 Å². The van der Waals surface area contributed by atoms with Gasteiger partial charge in [0.15, 0.2) is 18.1 Å². The van der Waals surface area contributed by atoms with Crippen molar-refractivity contribution in [3.8, 4) is 11.5 Å². The highest BCUT2D eigenvalue weighted by Gasteiger charge is 2.19. The molecular formula is C27H25N3O5. The van der Waals surface area contributed by atoms with Gasteiger partial charge in [0.25, 0.3) is 11.5 Å². The molecule has 1 N–H and O–H groups in total. The summed E-state index contributed by atoms with van der Waals surface area (Å²) in [7, 11) is 0. The minimum atomic E-state index is -0.787. The van der Waals surface area contributed by atoms with Crippen molar-refractivity contribution in [3.63, 3.8) is 0 Å². The number of aryl methyl sites for hydroxylation is 2. The average molecular weight is 472 g/mol. The second kappa shape index (κ2) is 10.6. The Labute approximate surface area is 202 Å². The summed E-state index contributed by atoms with van der Waals surface area (Å²) in [4.78, 5) is 38.0. The summed E-state index contributed by atoms with van der Waals surface area (Å²) in [5, 5.41) is 7.66. The van der Waals surface area contributed by atoms with Gasteiger partial charge in [-0.15, -0.1) is 0 Å². The first kappa shape index (κ1) is 23.7. The molecule has 0 saturated carbocycles. The highest BCUT2D eigenvalue weighted by Crippen LogP contribution is 2.29. The van der Waals surface area contributed by atoms with Gasteiger partial charge in [-0.2, -0.15) is 5.10 Å². The normalized spacial score (nSPS) is 10.7. The Morgan fingerprint density at radius 3 is 2.37 bits per heavy atom. The van der Waals surface area contributed by atoms with Gasteiger partial charge < -0.3 is 14.8 Å². The smallest absolute Gasteiger partial charge is 0.359 e. The van der Waals surface area contributed by atoms with E-state index in [4.69, 9.17) is 9.47 Å². The van der Waals surface area contributed by atoms with E-state index in [1.807, 2.05) is 38.1 Å². The van der Waals surface area contributed by atoms with Crippen LogP contribution in [0.25, 0.3) is 10.8 Å². The van der Waals surface area contributed by atoms with Crippen molar-refractivity contribution in [3.05, 3.63) is 94.4 Å². The maximum Gasteiger partial charge on any atom is 0.359 e. The quantitative estimate of drug-likeness (QED) is 0.374. The molecule has 178 valence electrons. The molecular weight excluding hydrogens is 446 g/mol. The highest BCUT2D eigenvalue weighted by molar-refractivity contribution is 6.03. The number of carbonyl (C=O) groups excluding carboxylic acids is 2. The molecule has 0 aliphatic carbocycles. The number of hydrogen-bond donors (Lipinski definition) is 1. The van der Waals surface area contributed by atoms with Crippen molar-refractivity contribution < 1.29 is 19.1 Å². The molecule has 1 amide bonds. The summed E-state index contributed by atoms with van der Waals surface area (Å²) in [6.07, 6.45) is 0.673. The van der Waals surface area contributed by atoms with E-state index in [-0.39, 0.29) is 11.3 Å². The molecule has 35 heavy (non-hydrogen) atoms. The Bertz CT molecular complexity index is 1430. The van der Waals surface area contributed by atoms with Gasteiger partial charge in [0.1, 0.15) is 5.75 Å². The van der Waals surface area contributed by atoms with Crippen LogP contribution < -0.4 is 15.6 Å². The van der Waals surface area contributed by atoms with Crippen LogP contribution in [0.15, 0.2) is 77.6 Å². The lowest BCUT2D eigenvalue weighted by atomic mass is 10.1. The number of fused-ring (bicyclic) bond motifs is 1. The first-order valence-corrected chi connectivity index (χ1v) is 11.3. The molecule has 1 heterocycles. The molecule has 0 aliphatic rings. The lowest BCUT2D eigenvalue weighted by molar-refractivity contribution is -0.119. The molecule has 0 radical (unpaired) electrons. The molecule has 0 aliphatic heterocycles. The average Bonchev–Trinajstić information content (AvgIpc) is 2.87. The van der Waals surface area contributed by atoms with E-state index < -0.39 is 18.5 Å². The second-order valence-corrected chi connectivity index (χ2v) is 7.96. The molecule has 0 fully saturated rings. The van der Waals surface area contributed by atoms with E-state index in [9.17, 15) is 14.4 Å². The number of amides is 1. The number of aromatic nitrogens is 2. The van der Waals surface area contributed by atoms with Gasteiger partial charge in [0, 0.05) is 11.9 Å². The fourth-order valence-electron chi connectivity index (χ4n) is 3.53. The largest absolute Gasteiger partial charge is 0.455 e. The summed E-state index contributed by atoms with van der Waals surface area (Å²) in [5.74, 6) is -0.242. The molecule has 0 spiro atoms. The van der Waals surface area contributed by atoms with Crippen LogP contribution in [0.3, 0.4) is 0 Å². The Morgan fingerprint density at radius 1 is 0.943 bits per heavy atom. The lowest BCUT2D eigenvalue weighted by Crippen LogP contribution is -2.27. The van der Waals surface area contributed by atoms with Gasteiger partial charge >= 0.3 is 5.97 Å². The molecule has 0 bridgehead atoms. The number of nitrogens with zero attached hydrogens (tertiary/aromatic N) is 2. The zero-order valence-corrected chi connectivity index (χ0v) is 19.5. The number of hydrogen-bond acceptors (Lipinski definition) is 6. The molecule has 0 atom stereocenters. The zero-order valence-electron chi connectivity index (χ0n) is 19.5. The summed E-state index contributed by atoms with van der Waals surface area (Å²) in [5.41, 5.74) is 1.26. The van der Waals surface area contributed by atoms with Crippen LogP contribution in [0.1, 0.15) is 29.4 Å². The SMILES string of the molecule is CCCn1nc(C(=O)OCC(=O)Nc2ccccc2Oc2ccc(C)cc2)c2ccccc2c1=O. The molecule has 4 rings (SSSR count). The van der Waals surface area contributed by atoms with E-state index >= 15 is 0 Å². The molecule has 4 aromatic rings. The number of para-hydroxylation sites is 2. The van der Waals surface area contributed by atoms with Gasteiger partial charge in [-0.3, -0.25) is 9.59 Å². The molecule has 1 aromatic heterocycles. The van der Waals surface area contributed by atoms with Gasteiger partial charge in [-0.05, 0) is 43.7 Å². The number of esters is 1. The Hall–Kier alpha value is -4.46. The van der Waals surface area contributed by atoms with Crippen molar-refractivity contribution in [2.75, 3.05) is 11.9 Å². The maximum absolute atomic E-state index is 12.8. The third-order valence-electron chi connectivity index (χ3n) is 5.24. The number of rotatable bonds is 8. The van der Waals surface area contributed by atoms with Crippen LogP contribution in [0.2, 0.25) is 0 Å². The predicted octanol–water partition coefficient (Wildman–Crippen LogP) is 4.70. The van der Waals surface area contributed by atoms with Crippen LogP contribution in [0.4, 0.5) is 5.69 Å². The topological polar surface area (TPSA) is 99.5 Å². The predicted molar refractivity (Wildman–Crippen MR) is 133 cm³/mol. The minimum absolute atomic E-state index is 0.00967. The van der Waals surface area contributed by atoms with Gasteiger partial charge in [-0.25, -0.2) is 9.48 Å². The van der Waals surface area contributed by atoms with Gasteiger partial charge in [-0.1, -0.05) is 55.0 Å². The number of ether oxygens (including phenoxy) is 2. The van der Waals surface area contributed by atoms with Crippen LogP contribution in [-0.2, 0) is 16.1 Å². The van der Waals surface area contributed by atoms with Crippen LogP contribution in [0.5, 0.6) is 11.5 Å². The zero-order chi connectivity index (χ0) is 24.8.